The van der Waals surface area contributed by atoms with Gasteiger partial charge in [0.25, 0.3) is 0 Å². The molecule has 7 aromatic carbocycles. The Balaban J connectivity index is 1.33. The van der Waals surface area contributed by atoms with Gasteiger partial charge < -0.3 is 4.57 Å². The van der Waals surface area contributed by atoms with Gasteiger partial charge in [0.1, 0.15) is 5.82 Å². The Morgan fingerprint density at radius 1 is 0.438 bits per heavy atom. The first-order chi connectivity index (χ1) is 23.8. The van der Waals surface area contributed by atoms with Crippen molar-refractivity contribution in [1.82, 2.24) is 9.55 Å². The molecule has 3 heteroatoms. The van der Waals surface area contributed by atoms with Gasteiger partial charge in [-0.1, -0.05) is 127 Å². The summed E-state index contributed by atoms with van der Waals surface area (Å²) in [5.41, 5.74) is 12.7. The summed E-state index contributed by atoms with van der Waals surface area (Å²) in [5.74, 6) is 0.895. The summed E-state index contributed by atoms with van der Waals surface area (Å²) < 4.78 is 2.48. The van der Waals surface area contributed by atoms with Gasteiger partial charge in [0.15, 0.2) is 0 Å². The SMILES string of the molecule is c1ccc(-c2cc(-n3c4c(c5ccccc53)-c3ccccc3N(c3ccc5ccccc5n3)c3ccccc3-4)cc3ccccc23)cc1. The maximum absolute atomic E-state index is 5.23. The predicted octanol–water partition coefficient (Wildman–Crippen LogP) is 12.1. The van der Waals surface area contributed by atoms with Crippen molar-refractivity contribution in [3.63, 3.8) is 0 Å². The average molecular weight is 612 g/mol. The second kappa shape index (κ2) is 10.5. The monoisotopic (exact) mass is 611 g/mol. The number of nitrogens with zero attached hydrogens (tertiary/aromatic N) is 3. The zero-order chi connectivity index (χ0) is 31.6. The molecule has 3 heterocycles. The van der Waals surface area contributed by atoms with Gasteiger partial charge in [0.05, 0.1) is 28.1 Å². The molecule has 0 amide bonds. The summed E-state index contributed by atoms with van der Waals surface area (Å²) >= 11 is 0. The van der Waals surface area contributed by atoms with Gasteiger partial charge in [0.2, 0.25) is 0 Å². The molecule has 1 aliphatic rings. The van der Waals surface area contributed by atoms with E-state index in [0.717, 1.165) is 39.3 Å². The number of hydrogen-bond acceptors (Lipinski definition) is 2. The van der Waals surface area contributed by atoms with Crippen LogP contribution in [0.5, 0.6) is 0 Å². The van der Waals surface area contributed by atoms with Gasteiger partial charge in [-0.2, -0.15) is 0 Å². The highest BCUT2D eigenvalue weighted by atomic mass is 15.2. The number of anilines is 3. The molecule has 0 bridgehead atoms. The fourth-order valence-corrected chi connectivity index (χ4v) is 7.62. The van der Waals surface area contributed by atoms with Gasteiger partial charge in [-0.05, 0) is 70.4 Å². The van der Waals surface area contributed by atoms with E-state index >= 15 is 0 Å². The third-order valence-electron chi connectivity index (χ3n) is 9.69. The maximum Gasteiger partial charge on any atom is 0.138 e. The van der Waals surface area contributed by atoms with Gasteiger partial charge in [0, 0.05) is 33.2 Å². The standard InChI is InChI=1S/C45H29N3/c1-2-14-30(15-3-1)38-29-33(28-32-17-4-6-18-34(32)38)47-40-23-11-7-19-35(40)44-36-20-8-12-24-41(36)48(42-25-13-9-21-37(42)45(44)47)43-27-26-31-16-5-10-22-39(31)46-43/h1-29H. The first kappa shape index (κ1) is 26.7. The Morgan fingerprint density at radius 2 is 1.08 bits per heavy atom. The minimum Gasteiger partial charge on any atom is -0.308 e. The fourth-order valence-electron chi connectivity index (χ4n) is 7.62. The van der Waals surface area contributed by atoms with Crippen LogP contribution in [0.25, 0.3) is 71.8 Å². The summed E-state index contributed by atoms with van der Waals surface area (Å²) in [6.07, 6.45) is 0. The Morgan fingerprint density at radius 3 is 1.94 bits per heavy atom. The lowest BCUT2D eigenvalue weighted by molar-refractivity contribution is 1.14. The molecule has 224 valence electrons. The third-order valence-corrected chi connectivity index (χ3v) is 9.69. The Hall–Kier alpha value is -6.45. The van der Waals surface area contributed by atoms with Crippen molar-refractivity contribution in [2.45, 2.75) is 0 Å². The van der Waals surface area contributed by atoms with Crippen LogP contribution in [0.4, 0.5) is 17.2 Å². The average Bonchev–Trinajstić information content (AvgIpc) is 3.44. The quantitative estimate of drug-likeness (QED) is 0.198. The second-order valence-electron chi connectivity index (χ2n) is 12.4. The summed E-state index contributed by atoms with van der Waals surface area (Å²) in [6.45, 7) is 0. The number of hydrogen-bond donors (Lipinski definition) is 0. The topological polar surface area (TPSA) is 21.1 Å². The number of fused-ring (bicyclic) bond motifs is 9. The van der Waals surface area contributed by atoms with Crippen LogP contribution < -0.4 is 4.90 Å². The third kappa shape index (κ3) is 3.98. The van der Waals surface area contributed by atoms with E-state index in [4.69, 9.17) is 4.98 Å². The van der Waals surface area contributed by atoms with Crippen molar-refractivity contribution in [3.05, 3.63) is 176 Å². The Bertz CT molecular complexity index is 2690. The minimum absolute atomic E-state index is 0.895. The lowest BCUT2D eigenvalue weighted by Gasteiger charge is -2.26. The van der Waals surface area contributed by atoms with Crippen molar-refractivity contribution >= 4 is 49.8 Å². The van der Waals surface area contributed by atoms with Crippen molar-refractivity contribution in [1.29, 1.82) is 0 Å². The molecule has 0 fully saturated rings. The molecule has 0 atom stereocenters. The molecule has 0 radical (unpaired) electrons. The van der Waals surface area contributed by atoms with E-state index in [1.165, 1.54) is 49.6 Å². The van der Waals surface area contributed by atoms with Crippen LogP contribution >= 0.6 is 0 Å². The van der Waals surface area contributed by atoms with Crippen molar-refractivity contribution < 1.29 is 0 Å². The smallest absolute Gasteiger partial charge is 0.138 e. The minimum atomic E-state index is 0.895. The van der Waals surface area contributed by atoms with E-state index < -0.39 is 0 Å². The maximum atomic E-state index is 5.23. The molecular formula is C45H29N3. The van der Waals surface area contributed by atoms with Crippen LogP contribution in [0.15, 0.2) is 176 Å². The number of para-hydroxylation sites is 4. The van der Waals surface area contributed by atoms with Crippen molar-refractivity contribution in [2.75, 3.05) is 4.90 Å². The van der Waals surface area contributed by atoms with Crippen LogP contribution in [0, 0.1) is 0 Å². The highest BCUT2D eigenvalue weighted by Crippen LogP contribution is 2.54. The zero-order valence-electron chi connectivity index (χ0n) is 26.1. The first-order valence-corrected chi connectivity index (χ1v) is 16.4. The number of aromatic nitrogens is 2. The van der Waals surface area contributed by atoms with Gasteiger partial charge in [-0.15, -0.1) is 0 Å². The summed E-state index contributed by atoms with van der Waals surface area (Å²) in [4.78, 5) is 7.57. The van der Waals surface area contributed by atoms with E-state index in [1.807, 2.05) is 0 Å². The normalized spacial score (nSPS) is 12.1. The van der Waals surface area contributed by atoms with Crippen molar-refractivity contribution in [3.8, 4) is 39.2 Å². The number of rotatable bonds is 3. The zero-order valence-corrected chi connectivity index (χ0v) is 26.1. The van der Waals surface area contributed by atoms with E-state index in [2.05, 4.69) is 185 Å². The molecule has 0 spiro atoms. The molecule has 1 aliphatic heterocycles. The highest BCUT2D eigenvalue weighted by molar-refractivity contribution is 6.13. The van der Waals surface area contributed by atoms with Gasteiger partial charge in [-0.3, -0.25) is 4.90 Å². The Kier molecular flexibility index (Phi) is 5.87. The second-order valence-corrected chi connectivity index (χ2v) is 12.4. The lowest BCUT2D eigenvalue weighted by Crippen LogP contribution is -2.12. The molecule has 2 aromatic heterocycles. The summed E-state index contributed by atoms with van der Waals surface area (Å²) in [5, 5.41) is 4.81. The van der Waals surface area contributed by atoms with Crippen LogP contribution in [0.3, 0.4) is 0 Å². The van der Waals surface area contributed by atoms with Crippen LogP contribution in [-0.2, 0) is 0 Å². The number of benzene rings is 7. The molecule has 0 N–H and O–H groups in total. The first-order valence-electron chi connectivity index (χ1n) is 16.4. The van der Waals surface area contributed by atoms with E-state index in [0.29, 0.717) is 0 Å². The van der Waals surface area contributed by atoms with Gasteiger partial charge in [-0.25, -0.2) is 4.98 Å². The molecule has 0 aliphatic carbocycles. The summed E-state index contributed by atoms with van der Waals surface area (Å²) in [6, 6.07) is 63.3. The van der Waals surface area contributed by atoms with Crippen LogP contribution in [0.1, 0.15) is 0 Å². The number of pyridine rings is 1. The van der Waals surface area contributed by atoms with E-state index in [1.54, 1.807) is 0 Å². The molecule has 0 unspecified atom stereocenters. The fraction of sp³-hybridized carbons (Fsp3) is 0. The molecule has 10 rings (SSSR count). The molecule has 48 heavy (non-hydrogen) atoms. The van der Waals surface area contributed by atoms with Gasteiger partial charge >= 0.3 is 0 Å². The van der Waals surface area contributed by atoms with Crippen molar-refractivity contribution in [2.24, 2.45) is 0 Å². The molecule has 0 saturated heterocycles. The summed E-state index contributed by atoms with van der Waals surface area (Å²) in [7, 11) is 0. The van der Waals surface area contributed by atoms with Crippen LogP contribution in [-0.4, -0.2) is 9.55 Å². The molecule has 9 aromatic rings. The molecule has 0 saturated carbocycles. The predicted molar refractivity (Wildman–Crippen MR) is 201 cm³/mol. The van der Waals surface area contributed by atoms with Crippen LogP contribution in [0.2, 0.25) is 0 Å². The Labute approximate surface area is 278 Å². The molecule has 3 nitrogen and oxygen atoms in total. The van der Waals surface area contributed by atoms with E-state index in [9.17, 15) is 0 Å². The highest BCUT2D eigenvalue weighted by Gasteiger charge is 2.31. The molecular weight excluding hydrogens is 583 g/mol. The lowest BCUT2D eigenvalue weighted by atomic mass is 9.96. The van der Waals surface area contributed by atoms with E-state index in [-0.39, 0.29) is 0 Å². The largest absolute Gasteiger partial charge is 0.308 e.